The lowest BCUT2D eigenvalue weighted by Crippen LogP contribution is -2.25. The molecule has 0 aliphatic carbocycles. The van der Waals surface area contributed by atoms with Crippen molar-refractivity contribution >= 4 is 33.2 Å². The van der Waals surface area contributed by atoms with Gasteiger partial charge in [-0.2, -0.15) is 0 Å². The predicted octanol–water partition coefficient (Wildman–Crippen LogP) is 4.47. The van der Waals surface area contributed by atoms with Gasteiger partial charge in [0, 0.05) is 18.3 Å². The van der Waals surface area contributed by atoms with Crippen molar-refractivity contribution in [1.29, 1.82) is 0 Å². The summed E-state index contributed by atoms with van der Waals surface area (Å²) < 4.78 is 19.3. The second-order valence-corrected chi connectivity index (χ2v) is 7.41. The highest BCUT2D eigenvalue weighted by Gasteiger charge is 2.10. The number of carbonyl (C=O) groups excluding carboxylic acids is 1. The van der Waals surface area contributed by atoms with Crippen LogP contribution in [0.3, 0.4) is 0 Å². The zero-order chi connectivity index (χ0) is 15.9. The van der Waals surface area contributed by atoms with Gasteiger partial charge in [0.2, 0.25) is 5.91 Å². The van der Waals surface area contributed by atoms with Gasteiger partial charge >= 0.3 is 0 Å². The van der Waals surface area contributed by atoms with Crippen molar-refractivity contribution in [1.82, 2.24) is 4.90 Å². The molecule has 0 fully saturated rings. The Morgan fingerprint density at radius 1 is 1.27 bits per heavy atom. The van der Waals surface area contributed by atoms with Crippen LogP contribution in [0.15, 0.2) is 40.2 Å². The van der Waals surface area contributed by atoms with Gasteiger partial charge < -0.3 is 9.64 Å². The summed E-state index contributed by atoms with van der Waals surface area (Å²) in [5.74, 6) is 0.419. The normalized spacial score (nSPS) is 10.5. The van der Waals surface area contributed by atoms with E-state index in [0.29, 0.717) is 31.7 Å². The van der Waals surface area contributed by atoms with Crippen molar-refractivity contribution in [2.45, 2.75) is 19.4 Å². The first-order valence-corrected chi connectivity index (χ1v) is 8.52. The molecule has 2 aromatic rings. The number of hydrogen-bond acceptors (Lipinski definition) is 3. The van der Waals surface area contributed by atoms with Gasteiger partial charge in [-0.1, -0.05) is 0 Å². The summed E-state index contributed by atoms with van der Waals surface area (Å²) in [4.78, 5) is 14.9. The first kappa shape index (κ1) is 17.0. The Bertz CT molecular complexity index is 615. The highest BCUT2D eigenvalue weighted by Crippen LogP contribution is 2.23. The first-order valence-electron chi connectivity index (χ1n) is 6.91. The quantitative estimate of drug-likeness (QED) is 0.658. The summed E-state index contributed by atoms with van der Waals surface area (Å²) in [6, 6.07) is 9.86. The molecule has 6 heteroatoms. The second kappa shape index (κ2) is 8.29. The number of thiophene rings is 1. The summed E-state index contributed by atoms with van der Waals surface area (Å²) in [6.45, 7) is 1.06. The van der Waals surface area contributed by atoms with E-state index in [1.54, 1.807) is 35.4 Å². The minimum Gasteiger partial charge on any atom is -0.494 e. The second-order valence-electron chi connectivity index (χ2n) is 4.86. The summed E-state index contributed by atoms with van der Waals surface area (Å²) in [5, 5.41) is 0. The molecule has 2 rings (SSSR count). The van der Waals surface area contributed by atoms with E-state index in [1.165, 1.54) is 12.1 Å². The third kappa shape index (κ3) is 5.42. The maximum Gasteiger partial charge on any atom is 0.222 e. The molecule has 0 unspecified atom stereocenters. The van der Waals surface area contributed by atoms with Crippen molar-refractivity contribution in [3.05, 3.63) is 50.9 Å². The van der Waals surface area contributed by atoms with Crippen LogP contribution in [-0.2, 0) is 11.3 Å². The molecule has 1 amide bonds. The molecule has 0 saturated carbocycles. The Morgan fingerprint density at radius 2 is 2.00 bits per heavy atom. The summed E-state index contributed by atoms with van der Waals surface area (Å²) in [6.07, 6.45) is 1.07. The molecule has 1 heterocycles. The summed E-state index contributed by atoms with van der Waals surface area (Å²) in [5.41, 5.74) is 0. The first-order chi connectivity index (χ1) is 10.5. The monoisotopic (exact) mass is 385 g/mol. The molecule has 22 heavy (non-hydrogen) atoms. The Kier molecular flexibility index (Phi) is 6.39. The molecule has 0 bridgehead atoms. The molecule has 3 nitrogen and oxygen atoms in total. The van der Waals surface area contributed by atoms with Crippen molar-refractivity contribution < 1.29 is 13.9 Å². The van der Waals surface area contributed by atoms with Crippen LogP contribution in [0.1, 0.15) is 17.7 Å². The Hall–Kier alpha value is -1.40. The van der Waals surface area contributed by atoms with Gasteiger partial charge in [-0.05, 0) is 58.7 Å². The van der Waals surface area contributed by atoms with Gasteiger partial charge in [0.05, 0.1) is 16.9 Å². The van der Waals surface area contributed by atoms with Crippen molar-refractivity contribution in [3.63, 3.8) is 0 Å². The van der Waals surface area contributed by atoms with E-state index in [0.717, 1.165) is 8.66 Å². The fourth-order valence-electron chi connectivity index (χ4n) is 1.89. The SMILES string of the molecule is CN(Cc1ccc(Br)s1)C(=O)CCCOc1ccc(F)cc1. The number of ether oxygens (including phenoxy) is 1. The average Bonchev–Trinajstić information content (AvgIpc) is 2.90. The zero-order valence-corrected chi connectivity index (χ0v) is 14.6. The molecule has 0 aliphatic rings. The molecule has 0 aliphatic heterocycles. The maximum atomic E-state index is 12.7. The molecule has 0 atom stereocenters. The highest BCUT2D eigenvalue weighted by atomic mass is 79.9. The zero-order valence-electron chi connectivity index (χ0n) is 12.2. The number of benzene rings is 1. The van der Waals surface area contributed by atoms with Crippen LogP contribution in [0, 0.1) is 5.82 Å². The van der Waals surface area contributed by atoms with Crippen LogP contribution in [0.25, 0.3) is 0 Å². The lowest BCUT2D eigenvalue weighted by molar-refractivity contribution is -0.130. The minimum atomic E-state index is -0.288. The van der Waals surface area contributed by atoms with Gasteiger partial charge in [-0.15, -0.1) is 11.3 Å². The Labute approximate surface area is 141 Å². The molecule has 0 spiro atoms. The van der Waals surface area contributed by atoms with E-state index in [9.17, 15) is 9.18 Å². The van der Waals surface area contributed by atoms with Crippen LogP contribution < -0.4 is 4.74 Å². The minimum absolute atomic E-state index is 0.0900. The van der Waals surface area contributed by atoms with Gasteiger partial charge in [0.1, 0.15) is 11.6 Å². The molecule has 1 aromatic heterocycles. The van der Waals surface area contributed by atoms with Crippen LogP contribution in [0.5, 0.6) is 5.75 Å². The highest BCUT2D eigenvalue weighted by molar-refractivity contribution is 9.11. The standard InChI is InChI=1S/C16H17BrFNO2S/c1-19(11-14-8-9-15(17)22-14)16(20)3-2-10-21-13-6-4-12(18)5-7-13/h4-9H,2-3,10-11H2,1H3. The van der Waals surface area contributed by atoms with E-state index < -0.39 is 0 Å². The smallest absolute Gasteiger partial charge is 0.222 e. The lowest BCUT2D eigenvalue weighted by atomic mass is 10.3. The molecular formula is C16H17BrFNO2S. The average molecular weight is 386 g/mol. The fourth-order valence-corrected chi connectivity index (χ4v) is 3.43. The van der Waals surface area contributed by atoms with Crippen LogP contribution in [-0.4, -0.2) is 24.5 Å². The molecule has 0 N–H and O–H groups in total. The van der Waals surface area contributed by atoms with Gasteiger partial charge in [0.25, 0.3) is 0 Å². The third-order valence-corrected chi connectivity index (χ3v) is 4.67. The van der Waals surface area contributed by atoms with Crippen LogP contribution in [0.4, 0.5) is 4.39 Å². The molecule has 1 aromatic carbocycles. The largest absolute Gasteiger partial charge is 0.494 e. The number of amides is 1. The maximum absolute atomic E-state index is 12.7. The lowest BCUT2D eigenvalue weighted by Gasteiger charge is -2.16. The molecule has 0 radical (unpaired) electrons. The van der Waals surface area contributed by atoms with Gasteiger partial charge in [-0.3, -0.25) is 4.79 Å². The number of hydrogen-bond donors (Lipinski definition) is 0. The topological polar surface area (TPSA) is 29.5 Å². The fraction of sp³-hybridized carbons (Fsp3) is 0.312. The van der Waals surface area contributed by atoms with Gasteiger partial charge in [0.15, 0.2) is 0 Å². The number of rotatable bonds is 7. The number of carbonyl (C=O) groups is 1. The van der Waals surface area contributed by atoms with E-state index in [1.807, 2.05) is 12.1 Å². The molecule has 0 saturated heterocycles. The Morgan fingerprint density at radius 3 is 2.64 bits per heavy atom. The van der Waals surface area contributed by atoms with Crippen LogP contribution in [0.2, 0.25) is 0 Å². The van der Waals surface area contributed by atoms with E-state index in [4.69, 9.17) is 4.74 Å². The number of halogens is 2. The van der Waals surface area contributed by atoms with E-state index >= 15 is 0 Å². The van der Waals surface area contributed by atoms with Crippen molar-refractivity contribution in [2.75, 3.05) is 13.7 Å². The van der Waals surface area contributed by atoms with Crippen LogP contribution >= 0.6 is 27.3 Å². The summed E-state index contributed by atoms with van der Waals surface area (Å²) in [7, 11) is 1.80. The third-order valence-electron chi connectivity index (χ3n) is 3.06. The van der Waals surface area contributed by atoms with Crippen molar-refractivity contribution in [3.8, 4) is 5.75 Å². The number of nitrogens with zero attached hydrogens (tertiary/aromatic N) is 1. The molecule has 118 valence electrons. The van der Waals surface area contributed by atoms with Crippen molar-refractivity contribution in [2.24, 2.45) is 0 Å². The Balaban J connectivity index is 1.67. The molecular weight excluding hydrogens is 369 g/mol. The predicted molar refractivity (Wildman–Crippen MR) is 89.6 cm³/mol. The van der Waals surface area contributed by atoms with E-state index in [-0.39, 0.29) is 11.7 Å². The summed E-state index contributed by atoms with van der Waals surface area (Å²) >= 11 is 5.04. The van der Waals surface area contributed by atoms with E-state index in [2.05, 4.69) is 15.9 Å². The van der Waals surface area contributed by atoms with Gasteiger partial charge in [-0.25, -0.2) is 4.39 Å².